The molecular weight excluding hydrogens is 277 g/mol. The lowest BCUT2D eigenvalue weighted by Gasteiger charge is -2.14. The maximum Gasteiger partial charge on any atom is 0.542 e. The van der Waals surface area contributed by atoms with E-state index in [0.29, 0.717) is 12.0 Å². The summed E-state index contributed by atoms with van der Waals surface area (Å²) < 4.78 is 4.99. The Bertz CT molecular complexity index is 601. The highest BCUT2D eigenvalue weighted by molar-refractivity contribution is 6.47. The second kappa shape index (κ2) is 7.78. The Labute approximate surface area is 131 Å². The molecule has 2 aromatic rings. The molecule has 3 N–H and O–H groups in total. The third-order valence-corrected chi connectivity index (χ3v) is 3.44. The fourth-order valence-electron chi connectivity index (χ4n) is 2.17. The second-order valence-corrected chi connectivity index (χ2v) is 5.19. The van der Waals surface area contributed by atoms with Crippen molar-refractivity contribution in [1.82, 2.24) is 0 Å². The Hall–Kier alpha value is -2.11. The van der Waals surface area contributed by atoms with Crippen LogP contribution in [-0.2, 0) is 4.65 Å². The molecule has 0 saturated heterocycles. The van der Waals surface area contributed by atoms with Crippen LogP contribution >= 0.6 is 0 Å². The van der Waals surface area contributed by atoms with Gasteiger partial charge < -0.3 is 15.4 Å². The maximum atomic E-state index is 12.0. The van der Waals surface area contributed by atoms with E-state index in [2.05, 4.69) is 0 Å². The highest BCUT2D eigenvalue weighted by Gasteiger charge is 2.27. The van der Waals surface area contributed by atoms with Gasteiger partial charge in [-0.1, -0.05) is 55.8 Å². The van der Waals surface area contributed by atoms with Crippen molar-refractivity contribution in [1.29, 1.82) is 0 Å². The molecule has 0 bridgehead atoms. The van der Waals surface area contributed by atoms with Crippen molar-refractivity contribution >= 4 is 13.1 Å². The van der Waals surface area contributed by atoms with Gasteiger partial charge in [0.05, 0.1) is 11.5 Å². The molecule has 2 aromatic carbocycles. The van der Waals surface area contributed by atoms with Crippen molar-refractivity contribution in [2.24, 2.45) is 5.73 Å². The highest BCUT2D eigenvalue weighted by Crippen LogP contribution is 2.19. The van der Waals surface area contributed by atoms with Crippen LogP contribution in [0.4, 0.5) is 0 Å². The molecule has 0 aromatic heterocycles. The minimum absolute atomic E-state index is 0.391. The molecule has 0 unspecified atom stereocenters. The van der Waals surface area contributed by atoms with Crippen molar-refractivity contribution in [3.63, 3.8) is 0 Å². The summed E-state index contributed by atoms with van der Waals surface area (Å²) in [4.78, 5) is 12.0. The predicted molar refractivity (Wildman–Crippen MR) is 88.1 cm³/mol. The third kappa shape index (κ3) is 4.19. The lowest BCUT2D eigenvalue weighted by atomic mass is 9.77. The van der Waals surface area contributed by atoms with Crippen LogP contribution in [0.25, 0.3) is 11.1 Å². The van der Waals surface area contributed by atoms with Crippen LogP contribution in [0.15, 0.2) is 54.6 Å². The van der Waals surface area contributed by atoms with Crippen molar-refractivity contribution in [3.05, 3.63) is 60.2 Å². The fourth-order valence-corrected chi connectivity index (χ4v) is 2.17. The standard InChI is InChI=1S/C17H20BNO3/c1-2-6-16(19)18(21)22-17(20)15-11-9-14(10-12-15)13-7-4-3-5-8-13/h3-5,7-12,16,21H,2,6,19H2,1H3/t16-/m0/s1. The van der Waals surface area contributed by atoms with Crippen LogP contribution in [-0.4, -0.2) is 24.1 Å². The Balaban J connectivity index is 2.02. The van der Waals surface area contributed by atoms with Crippen molar-refractivity contribution < 1.29 is 14.5 Å². The molecule has 5 heteroatoms. The van der Waals surface area contributed by atoms with E-state index in [4.69, 9.17) is 10.4 Å². The van der Waals surface area contributed by atoms with Gasteiger partial charge in [0, 0.05) is 0 Å². The summed E-state index contributed by atoms with van der Waals surface area (Å²) in [7, 11) is -1.28. The number of rotatable bonds is 6. The Morgan fingerprint density at radius 2 is 1.73 bits per heavy atom. The minimum Gasteiger partial charge on any atom is -0.505 e. The molecule has 0 aliphatic rings. The molecule has 22 heavy (non-hydrogen) atoms. The first kappa shape index (κ1) is 16.3. The van der Waals surface area contributed by atoms with Gasteiger partial charge in [-0.3, -0.25) is 0 Å². The highest BCUT2D eigenvalue weighted by atomic mass is 16.6. The van der Waals surface area contributed by atoms with Crippen LogP contribution in [0.1, 0.15) is 30.1 Å². The molecule has 2 rings (SSSR count). The SMILES string of the molecule is CCC[C@H](N)B(O)OC(=O)c1ccc(-c2ccccc2)cc1. The summed E-state index contributed by atoms with van der Waals surface area (Å²) in [6.07, 6.45) is 1.42. The third-order valence-electron chi connectivity index (χ3n) is 3.44. The summed E-state index contributed by atoms with van der Waals surface area (Å²) in [6.45, 7) is 1.96. The molecule has 0 radical (unpaired) electrons. The Morgan fingerprint density at radius 1 is 1.14 bits per heavy atom. The molecule has 114 valence electrons. The van der Waals surface area contributed by atoms with Gasteiger partial charge in [-0.15, -0.1) is 0 Å². The lowest BCUT2D eigenvalue weighted by molar-refractivity contribution is 0.0695. The summed E-state index contributed by atoms with van der Waals surface area (Å²) in [5, 5.41) is 9.75. The van der Waals surface area contributed by atoms with E-state index in [1.54, 1.807) is 12.1 Å². The molecular formula is C17H20BNO3. The molecule has 0 aliphatic heterocycles. The largest absolute Gasteiger partial charge is 0.542 e. The van der Waals surface area contributed by atoms with Crippen LogP contribution in [0.3, 0.4) is 0 Å². The van der Waals surface area contributed by atoms with Gasteiger partial charge in [0.1, 0.15) is 0 Å². The average molecular weight is 297 g/mol. The monoisotopic (exact) mass is 297 g/mol. The molecule has 4 nitrogen and oxygen atoms in total. The van der Waals surface area contributed by atoms with E-state index in [0.717, 1.165) is 17.5 Å². The molecule has 0 heterocycles. The quantitative estimate of drug-likeness (QED) is 0.804. The maximum absolute atomic E-state index is 12.0. The van der Waals surface area contributed by atoms with Crippen molar-refractivity contribution in [2.45, 2.75) is 25.7 Å². The molecule has 0 saturated carbocycles. The van der Waals surface area contributed by atoms with Crippen molar-refractivity contribution in [2.75, 3.05) is 0 Å². The summed E-state index contributed by atoms with van der Waals surface area (Å²) >= 11 is 0. The van der Waals surface area contributed by atoms with Gasteiger partial charge in [0.15, 0.2) is 0 Å². The Morgan fingerprint density at radius 3 is 2.32 bits per heavy atom. The van der Waals surface area contributed by atoms with Crippen LogP contribution in [0.2, 0.25) is 0 Å². The fraction of sp³-hybridized carbons (Fsp3) is 0.235. The predicted octanol–water partition coefficient (Wildman–Crippen LogP) is 2.66. The van der Waals surface area contributed by atoms with E-state index in [1.807, 2.05) is 49.4 Å². The first-order chi connectivity index (χ1) is 10.6. The summed E-state index contributed by atoms with van der Waals surface area (Å²) in [6, 6.07) is 16.9. The number of carbonyl (C=O) groups is 1. The number of carbonyl (C=O) groups excluding carboxylic acids is 1. The van der Waals surface area contributed by atoms with E-state index in [9.17, 15) is 9.82 Å². The first-order valence-electron chi connectivity index (χ1n) is 7.42. The van der Waals surface area contributed by atoms with Gasteiger partial charge in [-0.25, -0.2) is 4.79 Å². The van der Waals surface area contributed by atoms with E-state index in [1.165, 1.54) is 0 Å². The molecule has 0 aliphatic carbocycles. The van der Waals surface area contributed by atoms with E-state index >= 15 is 0 Å². The van der Waals surface area contributed by atoms with Gasteiger partial charge >= 0.3 is 13.1 Å². The number of nitrogens with two attached hydrogens (primary N) is 1. The first-order valence-corrected chi connectivity index (χ1v) is 7.42. The molecule has 0 spiro atoms. The van der Waals surface area contributed by atoms with Crippen LogP contribution < -0.4 is 5.73 Å². The van der Waals surface area contributed by atoms with Crippen LogP contribution in [0.5, 0.6) is 0 Å². The normalized spacial score (nSPS) is 11.8. The number of hydrogen-bond acceptors (Lipinski definition) is 4. The van der Waals surface area contributed by atoms with E-state index < -0.39 is 19.0 Å². The zero-order chi connectivity index (χ0) is 15.9. The zero-order valence-corrected chi connectivity index (χ0v) is 12.6. The molecule has 0 fully saturated rings. The minimum atomic E-state index is -1.28. The van der Waals surface area contributed by atoms with E-state index in [-0.39, 0.29) is 0 Å². The van der Waals surface area contributed by atoms with Gasteiger partial charge in [-0.2, -0.15) is 0 Å². The number of benzene rings is 2. The van der Waals surface area contributed by atoms with Gasteiger partial charge in [-0.05, 0) is 29.7 Å². The molecule has 1 atom stereocenters. The van der Waals surface area contributed by atoms with Crippen molar-refractivity contribution in [3.8, 4) is 11.1 Å². The van der Waals surface area contributed by atoms with Gasteiger partial charge in [0.25, 0.3) is 0 Å². The van der Waals surface area contributed by atoms with Crippen LogP contribution in [0, 0.1) is 0 Å². The summed E-state index contributed by atoms with van der Waals surface area (Å²) in [5.74, 6) is -1.13. The summed E-state index contributed by atoms with van der Waals surface area (Å²) in [5.41, 5.74) is 8.21. The zero-order valence-electron chi connectivity index (χ0n) is 12.6. The Kier molecular flexibility index (Phi) is 5.75. The topological polar surface area (TPSA) is 72.6 Å². The lowest BCUT2D eigenvalue weighted by Crippen LogP contribution is -2.42. The smallest absolute Gasteiger partial charge is 0.505 e. The van der Waals surface area contributed by atoms with Gasteiger partial charge in [0.2, 0.25) is 0 Å². The molecule has 0 amide bonds. The second-order valence-electron chi connectivity index (χ2n) is 5.19. The average Bonchev–Trinajstić information content (AvgIpc) is 2.56. The number of hydrogen-bond donors (Lipinski definition) is 2.